The molecule has 0 radical (unpaired) electrons. The van der Waals surface area contributed by atoms with Crippen LogP contribution in [0, 0.1) is 5.82 Å². The molecule has 2 aliphatic rings. The minimum absolute atomic E-state index is 0.142. The quantitative estimate of drug-likeness (QED) is 0.838. The molecular weight excluding hydrogens is 231 g/mol. The van der Waals surface area contributed by atoms with Crippen molar-refractivity contribution < 1.29 is 9.18 Å². The highest BCUT2D eigenvalue weighted by molar-refractivity contribution is 5.94. The molecule has 1 aromatic rings. The summed E-state index contributed by atoms with van der Waals surface area (Å²) in [6.07, 6.45) is 4.29. The number of hydrogen-bond donors (Lipinski definition) is 2. The first kappa shape index (κ1) is 11.7. The van der Waals surface area contributed by atoms with E-state index < -0.39 is 5.82 Å². The van der Waals surface area contributed by atoms with Gasteiger partial charge >= 0.3 is 0 Å². The molecule has 18 heavy (non-hydrogen) atoms. The first-order chi connectivity index (χ1) is 8.72. The zero-order chi connectivity index (χ0) is 12.5. The number of halogens is 1. The van der Waals surface area contributed by atoms with Crippen molar-refractivity contribution in [3.8, 4) is 0 Å². The SMILES string of the molecule is O=C(NC1CC2CCC(C1)N2)c1ccccc1F. The van der Waals surface area contributed by atoms with Gasteiger partial charge in [0, 0.05) is 18.1 Å². The van der Waals surface area contributed by atoms with Crippen LogP contribution >= 0.6 is 0 Å². The van der Waals surface area contributed by atoms with E-state index in [0.717, 1.165) is 12.8 Å². The molecule has 2 atom stereocenters. The largest absolute Gasteiger partial charge is 0.349 e. The second kappa shape index (κ2) is 4.69. The van der Waals surface area contributed by atoms with Crippen LogP contribution in [-0.2, 0) is 0 Å². The third-order valence-corrected chi connectivity index (χ3v) is 3.93. The van der Waals surface area contributed by atoms with E-state index >= 15 is 0 Å². The van der Waals surface area contributed by atoms with E-state index in [4.69, 9.17) is 0 Å². The number of piperidine rings is 1. The molecule has 2 fully saturated rings. The fourth-order valence-electron chi connectivity index (χ4n) is 3.08. The molecule has 0 spiro atoms. The van der Waals surface area contributed by atoms with Crippen molar-refractivity contribution in [2.24, 2.45) is 0 Å². The molecule has 3 rings (SSSR count). The summed E-state index contributed by atoms with van der Waals surface area (Å²) in [5.41, 5.74) is 0.142. The lowest BCUT2D eigenvalue weighted by atomic mass is 9.99. The first-order valence-corrected chi connectivity index (χ1v) is 6.54. The van der Waals surface area contributed by atoms with E-state index in [9.17, 15) is 9.18 Å². The average molecular weight is 248 g/mol. The van der Waals surface area contributed by atoms with Gasteiger partial charge in [0.05, 0.1) is 5.56 Å². The van der Waals surface area contributed by atoms with E-state index in [1.807, 2.05) is 0 Å². The van der Waals surface area contributed by atoms with E-state index in [-0.39, 0.29) is 17.5 Å². The number of fused-ring (bicyclic) bond motifs is 2. The van der Waals surface area contributed by atoms with Gasteiger partial charge in [-0.1, -0.05) is 12.1 Å². The zero-order valence-electron chi connectivity index (χ0n) is 10.2. The lowest BCUT2D eigenvalue weighted by Crippen LogP contribution is -2.48. The molecule has 2 heterocycles. The second-order valence-corrected chi connectivity index (χ2v) is 5.26. The summed E-state index contributed by atoms with van der Waals surface area (Å²) in [6.45, 7) is 0. The molecule has 4 heteroatoms. The average Bonchev–Trinajstić information content (AvgIpc) is 2.69. The number of benzene rings is 1. The normalized spacial score (nSPS) is 30.2. The molecule has 1 amide bonds. The van der Waals surface area contributed by atoms with Gasteiger partial charge in [-0.25, -0.2) is 4.39 Å². The van der Waals surface area contributed by atoms with Crippen molar-refractivity contribution >= 4 is 5.91 Å². The fraction of sp³-hybridized carbons (Fsp3) is 0.500. The smallest absolute Gasteiger partial charge is 0.254 e. The summed E-state index contributed by atoms with van der Waals surface area (Å²) in [7, 11) is 0. The second-order valence-electron chi connectivity index (χ2n) is 5.26. The van der Waals surface area contributed by atoms with Gasteiger partial charge in [-0.15, -0.1) is 0 Å². The summed E-state index contributed by atoms with van der Waals surface area (Å²) >= 11 is 0. The predicted octanol–water partition coefficient (Wildman–Crippen LogP) is 1.84. The van der Waals surface area contributed by atoms with Crippen molar-refractivity contribution in [2.45, 2.75) is 43.8 Å². The Morgan fingerprint density at radius 1 is 1.22 bits per heavy atom. The van der Waals surface area contributed by atoms with Gasteiger partial charge in [0.25, 0.3) is 5.91 Å². The molecule has 2 N–H and O–H groups in total. The number of hydrogen-bond acceptors (Lipinski definition) is 2. The van der Waals surface area contributed by atoms with Gasteiger partial charge in [-0.3, -0.25) is 4.79 Å². The lowest BCUT2D eigenvalue weighted by Gasteiger charge is -2.29. The van der Waals surface area contributed by atoms with Crippen LogP contribution < -0.4 is 10.6 Å². The van der Waals surface area contributed by atoms with Crippen LogP contribution in [0.25, 0.3) is 0 Å². The molecule has 2 saturated heterocycles. The minimum atomic E-state index is -0.452. The third-order valence-electron chi connectivity index (χ3n) is 3.93. The van der Waals surface area contributed by atoms with Gasteiger partial charge in [0.15, 0.2) is 0 Å². The molecule has 96 valence electrons. The molecule has 3 nitrogen and oxygen atoms in total. The highest BCUT2D eigenvalue weighted by atomic mass is 19.1. The van der Waals surface area contributed by atoms with E-state index in [0.29, 0.717) is 12.1 Å². The number of carbonyl (C=O) groups is 1. The maximum absolute atomic E-state index is 13.5. The van der Waals surface area contributed by atoms with Crippen molar-refractivity contribution in [1.29, 1.82) is 0 Å². The van der Waals surface area contributed by atoms with Crippen molar-refractivity contribution in [3.63, 3.8) is 0 Å². The van der Waals surface area contributed by atoms with Crippen molar-refractivity contribution in [3.05, 3.63) is 35.6 Å². The van der Waals surface area contributed by atoms with E-state index in [1.165, 1.54) is 25.0 Å². The first-order valence-electron chi connectivity index (χ1n) is 6.54. The number of amides is 1. The molecule has 0 aromatic heterocycles. The van der Waals surface area contributed by atoms with E-state index in [2.05, 4.69) is 10.6 Å². The van der Waals surface area contributed by atoms with Gasteiger partial charge < -0.3 is 10.6 Å². The van der Waals surface area contributed by atoms with E-state index in [1.54, 1.807) is 12.1 Å². The maximum atomic E-state index is 13.5. The lowest BCUT2D eigenvalue weighted by molar-refractivity contribution is 0.0920. The predicted molar refractivity (Wildman–Crippen MR) is 66.8 cm³/mol. The fourth-order valence-corrected chi connectivity index (χ4v) is 3.08. The Bertz CT molecular complexity index is 451. The summed E-state index contributed by atoms with van der Waals surface area (Å²) in [5.74, 6) is -0.744. The van der Waals surface area contributed by atoms with Crippen LogP contribution in [-0.4, -0.2) is 24.0 Å². The molecule has 2 aliphatic heterocycles. The van der Waals surface area contributed by atoms with Gasteiger partial charge in [-0.05, 0) is 37.8 Å². The third kappa shape index (κ3) is 2.25. The summed E-state index contributed by atoms with van der Waals surface area (Å²) in [6, 6.07) is 7.35. The number of nitrogens with one attached hydrogen (secondary N) is 2. The van der Waals surface area contributed by atoms with Crippen LogP contribution in [0.5, 0.6) is 0 Å². The Balaban J connectivity index is 1.66. The monoisotopic (exact) mass is 248 g/mol. The molecule has 0 aliphatic carbocycles. The number of rotatable bonds is 2. The summed E-state index contributed by atoms with van der Waals surface area (Å²) in [5, 5.41) is 6.48. The van der Waals surface area contributed by atoms with Gasteiger partial charge in [-0.2, -0.15) is 0 Å². The van der Waals surface area contributed by atoms with Crippen LogP contribution in [0.15, 0.2) is 24.3 Å². The molecule has 2 unspecified atom stereocenters. The van der Waals surface area contributed by atoms with Crippen LogP contribution in [0.1, 0.15) is 36.0 Å². The van der Waals surface area contributed by atoms with Crippen LogP contribution in [0.2, 0.25) is 0 Å². The zero-order valence-corrected chi connectivity index (χ0v) is 10.2. The summed E-state index contributed by atoms with van der Waals surface area (Å²) < 4.78 is 13.5. The highest BCUT2D eigenvalue weighted by Crippen LogP contribution is 2.26. The molecule has 1 aromatic carbocycles. The maximum Gasteiger partial charge on any atom is 0.254 e. The van der Waals surface area contributed by atoms with Crippen LogP contribution in [0.3, 0.4) is 0 Å². The van der Waals surface area contributed by atoms with Gasteiger partial charge in [0.2, 0.25) is 0 Å². The standard InChI is InChI=1S/C14H17FN2O/c15-13-4-2-1-3-12(13)14(18)17-11-7-9-5-6-10(8-11)16-9/h1-4,9-11,16H,5-8H2,(H,17,18). The van der Waals surface area contributed by atoms with Crippen LogP contribution in [0.4, 0.5) is 4.39 Å². The highest BCUT2D eigenvalue weighted by Gasteiger charge is 2.34. The Hall–Kier alpha value is -1.42. The van der Waals surface area contributed by atoms with Crippen molar-refractivity contribution in [2.75, 3.05) is 0 Å². The number of carbonyl (C=O) groups excluding carboxylic acids is 1. The Morgan fingerprint density at radius 2 is 1.89 bits per heavy atom. The molecule has 2 bridgehead atoms. The molecule has 0 saturated carbocycles. The Morgan fingerprint density at radius 3 is 2.56 bits per heavy atom. The molecular formula is C14H17FN2O. The summed E-state index contributed by atoms with van der Waals surface area (Å²) in [4.78, 5) is 12.0. The Labute approximate surface area is 106 Å². The minimum Gasteiger partial charge on any atom is -0.349 e. The Kier molecular flexibility index (Phi) is 3.04. The topological polar surface area (TPSA) is 41.1 Å². The van der Waals surface area contributed by atoms with Gasteiger partial charge in [0.1, 0.15) is 5.82 Å². The van der Waals surface area contributed by atoms with Crippen molar-refractivity contribution in [1.82, 2.24) is 10.6 Å².